The molecule has 0 aliphatic rings. The molecule has 0 radical (unpaired) electrons. The molecule has 0 N–H and O–H groups in total. The third-order valence-electron chi connectivity index (χ3n) is 1.72. The Hall–Kier alpha value is -1.04. The fraction of sp³-hybridized carbons (Fsp3) is 0.333. The molecule has 0 fully saturated rings. The average Bonchev–Trinajstić information content (AvgIpc) is 2.10. The molecule has 0 aromatic rings. The van der Waals surface area contributed by atoms with E-state index in [0.29, 0.717) is 0 Å². The van der Waals surface area contributed by atoms with Crippen molar-refractivity contribution >= 4 is 0 Å². The summed E-state index contributed by atoms with van der Waals surface area (Å²) >= 11 is 0. The van der Waals surface area contributed by atoms with Gasteiger partial charge in [0.25, 0.3) is 0 Å². The maximum Gasteiger partial charge on any atom is -0.0279 e. The fourth-order valence-electron chi connectivity index (χ4n) is 1.02. The Bertz CT molecular complexity index is 172. The van der Waals surface area contributed by atoms with Crippen LogP contribution in [0.3, 0.4) is 0 Å². The largest absolute Gasteiger partial charge is 0.103 e. The molecule has 12 heavy (non-hydrogen) atoms. The smallest absolute Gasteiger partial charge is 0.0279 e. The Morgan fingerprint density at radius 1 is 1.08 bits per heavy atom. The van der Waals surface area contributed by atoms with E-state index in [2.05, 4.69) is 19.7 Å². The first-order valence-corrected chi connectivity index (χ1v) is 4.40. The number of allylic oxidation sites excluding steroid dienone is 5. The lowest BCUT2D eigenvalue weighted by Gasteiger charge is -1.99. The predicted molar refractivity (Wildman–Crippen MR) is 57.1 cm³/mol. The third kappa shape index (κ3) is 5.72. The number of rotatable bonds is 7. The van der Waals surface area contributed by atoms with Crippen molar-refractivity contribution in [2.24, 2.45) is 0 Å². The van der Waals surface area contributed by atoms with E-state index < -0.39 is 0 Å². The Morgan fingerprint density at radius 3 is 2.33 bits per heavy atom. The Labute approximate surface area is 76.0 Å². The lowest BCUT2D eigenvalue weighted by atomic mass is 10.1. The van der Waals surface area contributed by atoms with E-state index in [-0.39, 0.29) is 0 Å². The van der Waals surface area contributed by atoms with Gasteiger partial charge in [0.15, 0.2) is 0 Å². The molecule has 0 aliphatic heterocycles. The minimum Gasteiger partial charge on any atom is -0.103 e. The lowest BCUT2D eigenvalue weighted by Crippen LogP contribution is -1.79. The van der Waals surface area contributed by atoms with Crippen molar-refractivity contribution in [3.63, 3.8) is 0 Å². The van der Waals surface area contributed by atoms with Crippen molar-refractivity contribution in [3.8, 4) is 0 Å². The van der Waals surface area contributed by atoms with E-state index in [0.717, 1.165) is 12.8 Å². The normalized spacial score (nSPS) is 10.8. The second-order valence-electron chi connectivity index (χ2n) is 2.72. The summed E-state index contributed by atoms with van der Waals surface area (Å²) in [6.07, 6.45) is 12.3. The number of hydrogen-bond donors (Lipinski definition) is 0. The molecule has 0 nitrogen and oxygen atoms in total. The molecule has 66 valence electrons. The van der Waals surface area contributed by atoms with Gasteiger partial charge in [0.2, 0.25) is 0 Å². The predicted octanol–water partition coefficient (Wildman–Crippen LogP) is 4.03. The standard InChI is InChI=1S/C12H18/c1-4-7-8-9-11-12(6-3)10-5-2/h4-6,10H,1-3,7-9,11H2/b12-10+. The van der Waals surface area contributed by atoms with Crippen LogP contribution in [0.2, 0.25) is 0 Å². The summed E-state index contributed by atoms with van der Waals surface area (Å²) in [6.45, 7) is 11.1. The zero-order chi connectivity index (χ0) is 9.23. The molecule has 0 heterocycles. The van der Waals surface area contributed by atoms with Crippen molar-refractivity contribution < 1.29 is 0 Å². The minimum absolute atomic E-state index is 1.10. The maximum atomic E-state index is 3.74. The van der Waals surface area contributed by atoms with E-state index in [4.69, 9.17) is 0 Å². The molecule has 0 aliphatic carbocycles. The molecular weight excluding hydrogens is 144 g/mol. The molecule has 0 atom stereocenters. The van der Waals surface area contributed by atoms with E-state index in [9.17, 15) is 0 Å². The molecule has 0 saturated carbocycles. The van der Waals surface area contributed by atoms with Gasteiger partial charge in [-0.15, -0.1) is 6.58 Å². The number of hydrogen-bond acceptors (Lipinski definition) is 0. The monoisotopic (exact) mass is 162 g/mol. The van der Waals surface area contributed by atoms with Gasteiger partial charge >= 0.3 is 0 Å². The molecule has 0 aromatic heterocycles. The van der Waals surface area contributed by atoms with Crippen LogP contribution in [0.15, 0.2) is 49.6 Å². The summed E-state index contributed by atoms with van der Waals surface area (Å²) in [4.78, 5) is 0. The molecule has 0 heteroatoms. The Morgan fingerprint density at radius 2 is 1.83 bits per heavy atom. The van der Waals surface area contributed by atoms with Crippen molar-refractivity contribution in [3.05, 3.63) is 49.6 Å². The van der Waals surface area contributed by atoms with Gasteiger partial charge in [-0.1, -0.05) is 37.5 Å². The second kappa shape index (κ2) is 8.06. The first-order chi connectivity index (χ1) is 5.85. The average molecular weight is 162 g/mol. The van der Waals surface area contributed by atoms with E-state index >= 15 is 0 Å². The number of unbranched alkanes of at least 4 members (excludes halogenated alkanes) is 2. The fourth-order valence-corrected chi connectivity index (χ4v) is 1.02. The van der Waals surface area contributed by atoms with Gasteiger partial charge in [-0.25, -0.2) is 0 Å². The Balaban J connectivity index is 3.58. The van der Waals surface area contributed by atoms with Gasteiger partial charge in [-0.05, 0) is 31.3 Å². The summed E-state index contributed by atoms with van der Waals surface area (Å²) in [6, 6.07) is 0. The van der Waals surface area contributed by atoms with Crippen molar-refractivity contribution in [1.29, 1.82) is 0 Å². The van der Waals surface area contributed by atoms with Crippen LogP contribution in [0.4, 0.5) is 0 Å². The van der Waals surface area contributed by atoms with Gasteiger partial charge in [0.05, 0.1) is 0 Å². The highest BCUT2D eigenvalue weighted by Gasteiger charge is 1.90. The van der Waals surface area contributed by atoms with Crippen LogP contribution in [0, 0.1) is 0 Å². The van der Waals surface area contributed by atoms with Crippen molar-refractivity contribution in [2.45, 2.75) is 25.7 Å². The highest BCUT2D eigenvalue weighted by molar-refractivity contribution is 5.20. The molecule has 0 aromatic carbocycles. The van der Waals surface area contributed by atoms with Crippen LogP contribution in [-0.2, 0) is 0 Å². The molecular formula is C12H18. The van der Waals surface area contributed by atoms with E-state index in [1.54, 1.807) is 0 Å². The van der Waals surface area contributed by atoms with E-state index in [1.165, 1.54) is 18.4 Å². The zero-order valence-electron chi connectivity index (χ0n) is 7.76. The highest BCUT2D eigenvalue weighted by Crippen LogP contribution is 2.09. The first-order valence-electron chi connectivity index (χ1n) is 4.40. The molecule has 0 rings (SSSR count). The van der Waals surface area contributed by atoms with Crippen molar-refractivity contribution in [2.75, 3.05) is 0 Å². The Kier molecular flexibility index (Phi) is 7.36. The molecule has 0 saturated heterocycles. The van der Waals surface area contributed by atoms with Gasteiger partial charge in [0.1, 0.15) is 0 Å². The van der Waals surface area contributed by atoms with Crippen LogP contribution in [0.1, 0.15) is 25.7 Å². The van der Waals surface area contributed by atoms with Crippen LogP contribution < -0.4 is 0 Å². The zero-order valence-corrected chi connectivity index (χ0v) is 7.76. The van der Waals surface area contributed by atoms with Crippen LogP contribution in [-0.4, -0.2) is 0 Å². The third-order valence-corrected chi connectivity index (χ3v) is 1.72. The van der Waals surface area contributed by atoms with Crippen LogP contribution in [0.25, 0.3) is 0 Å². The van der Waals surface area contributed by atoms with Gasteiger partial charge in [-0.2, -0.15) is 0 Å². The highest BCUT2D eigenvalue weighted by atomic mass is 14.0. The summed E-state index contributed by atoms with van der Waals surface area (Å²) in [5, 5.41) is 0. The first kappa shape index (κ1) is 11.0. The van der Waals surface area contributed by atoms with Crippen molar-refractivity contribution in [1.82, 2.24) is 0 Å². The topological polar surface area (TPSA) is 0 Å². The van der Waals surface area contributed by atoms with E-state index in [1.807, 2.05) is 24.3 Å². The van der Waals surface area contributed by atoms with Crippen LogP contribution >= 0.6 is 0 Å². The van der Waals surface area contributed by atoms with Gasteiger partial charge < -0.3 is 0 Å². The summed E-state index contributed by atoms with van der Waals surface area (Å²) in [5.41, 5.74) is 1.27. The van der Waals surface area contributed by atoms with Crippen LogP contribution in [0.5, 0.6) is 0 Å². The molecule has 0 unspecified atom stereocenters. The molecule has 0 bridgehead atoms. The quantitative estimate of drug-likeness (QED) is 0.301. The second-order valence-corrected chi connectivity index (χ2v) is 2.72. The minimum atomic E-state index is 1.10. The molecule has 0 amide bonds. The molecule has 0 spiro atoms. The summed E-state index contributed by atoms with van der Waals surface area (Å²) < 4.78 is 0. The SMILES string of the molecule is C=C/C=C(\C=C)CCCCC=C. The summed E-state index contributed by atoms with van der Waals surface area (Å²) in [5.74, 6) is 0. The van der Waals surface area contributed by atoms with Gasteiger partial charge in [0, 0.05) is 0 Å². The van der Waals surface area contributed by atoms with Gasteiger partial charge in [-0.3, -0.25) is 0 Å². The lowest BCUT2D eigenvalue weighted by molar-refractivity contribution is 0.750. The maximum absolute atomic E-state index is 3.74. The summed E-state index contributed by atoms with van der Waals surface area (Å²) in [7, 11) is 0.